The molecule has 2 atom stereocenters. The van der Waals surface area contributed by atoms with E-state index < -0.39 is 0 Å². The number of nitrogens with one attached hydrogen (secondary N) is 1. The van der Waals surface area contributed by atoms with E-state index in [9.17, 15) is 9.59 Å². The lowest BCUT2D eigenvalue weighted by molar-refractivity contribution is -0.140. The highest BCUT2D eigenvalue weighted by Crippen LogP contribution is 2.17. The number of rotatable bonds is 9. The second kappa shape index (κ2) is 10.5. The normalized spacial score (nSPS) is 23.2. The number of carbonyl (C=O) groups is 2. The third kappa shape index (κ3) is 6.65. The predicted molar refractivity (Wildman–Crippen MR) is 88.8 cm³/mol. The number of nitrogens with zero attached hydrogens (tertiary/aromatic N) is 1. The molecule has 0 bridgehead atoms. The van der Waals surface area contributed by atoms with E-state index in [1.807, 2.05) is 4.90 Å². The van der Waals surface area contributed by atoms with Gasteiger partial charge in [0.25, 0.3) is 0 Å². The molecule has 0 aromatic heterocycles. The van der Waals surface area contributed by atoms with Gasteiger partial charge in [0.1, 0.15) is 0 Å². The van der Waals surface area contributed by atoms with Gasteiger partial charge < -0.3 is 24.4 Å². The maximum absolute atomic E-state index is 12.5. The highest BCUT2D eigenvalue weighted by atomic mass is 16.5. The van der Waals surface area contributed by atoms with Gasteiger partial charge in [-0.3, -0.25) is 4.79 Å². The molecular weight excluding hydrogens is 312 g/mol. The summed E-state index contributed by atoms with van der Waals surface area (Å²) in [6.07, 6.45) is 6.28. The highest BCUT2D eigenvalue weighted by Gasteiger charge is 2.26. The summed E-state index contributed by atoms with van der Waals surface area (Å²) < 4.78 is 15.9. The van der Waals surface area contributed by atoms with Gasteiger partial charge in [-0.15, -0.1) is 0 Å². The van der Waals surface area contributed by atoms with Crippen LogP contribution in [0.2, 0.25) is 0 Å². The van der Waals surface area contributed by atoms with Gasteiger partial charge in [-0.2, -0.15) is 0 Å². The van der Waals surface area contributed by atoms with Gasteiger partial charge in [-0.25, -0.2) is 4.79 Å². The molecule has 0 radical (unpaired) electrons. The average Bonchev–Trinajstić information content (AvgIpc) is 3.27. The number of methoxy groups -OCH3 is 1. The third-order valence-electron chi connectivity index (χ3n) is 4.49. The monoisotopic (exact) mass is 342 g/mol. The molecule has 2 fully saturated rings. The summed E-state index contributed by atoms with van der Waals surface area (Å²) in [7, 11) is 1.39. The second-order valence-electron chi connectivity index (χ2n) is 6.44. The zero-order valence-corrected chi connectivity index (χ0v) is 14.6. The Labute approximate surface area is 144 Å². The Morgan fingerprint density at radius 1 is 1.08 bits per heavy atom. The molecule has 0 spiro atoms. The number of esters is 1. The summed E-state index contributed by atoms with van der Waals surface area (Å²) in [5, 5.41) is 2.95. The quantitative estimate of drug-likeness (QED) is 0.510. The SMILES string of the molecule is COC(=O)CCCCNC(=O)N(CC1CCCO1)CC1CCCO1. The van der Waals surface area contributed by atoms with E-state index in [0.29, 0.717) is 32.5 Å². The Morgan fingerprint density at radius 3 is 2.21 bits per heavy atom. The Kier molecular flexibility index (Phi) is 8.32. The van der Waals surface area contributed by atoms with Crippen LogP contribution in [-0.2, 0) is 19.0 Å². The first kappa shape index (κ1) is 19.0. The van der Waals surface area contributed by atoms with Crippen LogP contribution in [0, 0.1) is 0 Å². The summed E-state index contributed by atoms with van der Waals surface area (Å²) in [6.45, 7) is 3.37. The van der Waals surface area contributed by atoms with E-state index in [0.717, 1.165) is 45.3 Å². The second-order valence-corrected chi connectivity index (χ2v) is 6.44. The van der Waals surface area contributed by atoms with Crippen molar-refractivity contribution in [3.05, 3.63) is 0 Å². The summed E-state index contributed by atoms with van der Waals surface area (Å²) in [5.41, 5.74) is 0. The molecule has 2 saturated heterocycles. The molecular formula is C17H30N2O5. The highest BCUT2D eigenvalue weighted by molar-refractivity contribution is 5.74. The molecule has 0 aromatic carbocycles. The maximum Gasteiger partial charge on any atom is 0.317 e. The first-order chi connectivity index (χ1) is 11.7. The van der Waals surface area contributed by atoms with Gasteiger partial charge in [0.05, 0.1) is 19.3 Å². The zero-order chi connectivity index (χ0) is 17.2. The molecule has 138 valence electrons. The summed E-state index contributed by atoms with van der Waals surface area (Å²) in [5.74, 6) is -0.209. The standard InChI is InChI=1S/C17H30N2O5/c1-22-16(20)8-2-3-9-18-17(21)19(12-14-6-4-10-23-14)13-15-7-5-11-24-15/h14-15H,2-13H2,1H3,(H,18,21). The molecule has 0 aromatic rings. The molecule has 2 amide bonds. The van der Waals surface area contributed by atoms with Crippen LogP contribution in [0.5, 0.6) is 0 Å². The zero-order valence-electron chi connectivity index (χ0n) is 14.6. The minimum absolute atomic E-state index is 0.0703. The Morgan fingerprint density at radius 2 is 1.71 bits per heavy atom. The van der Waals surface area contributed by atoms with E-state index in [1.54, 1.807) is 0 Å². The number of amides is 2. The van der Waals surface area contributed by atoms with E-state index in [-0.39, 0.29) is 24.2 Å². The Balaban J connectivity index is 1.71. The van der Waals surface area contributed by atoms with Gasteiger partial charge in [0.2, 0.25) is 0 Å². The Bertz CT molecular complexity index is 374. The number of carbonyl (C=O) groups excluding carboxylic acids is 2. The van der Waals surface area contributed by atoms with Crippen LogP contribution in [0.4, 0.5) is 4.79 Å². The lowest BCUT2D eigenvalue weighted by Crippen LogP contribution is -2.47. The lowest BCUT2D eigenvalue weighted by Gasteiger charge is -2.28. The molecule has 24 heavy (non-hydrogen) atoms. The molecule has 7 nitrogen and oxygen atoms in total. The number of unbranched alkanes of at least 4 members (excludes halogenated alkanes) is 1. The van der Waals surface area contributed by atoms with Gasteiger partial charge in [-0.05, 0) is 38.5 Å². The van der Waals surface area contributed by atoms with Gasteiger partial charge in [0, 0.05) is 39.3 Å². The van der Waals surface area contributed by atoms with Gasteiger partial charge in [0.15, 0.2) is 0 Å². The van der Waals surface area contributed by atoms with Crippen LogP contribution in [0.15, 0.2) is 0 Å². The summed E-state index contributed by atoms with van der Waals surface area (Å²) in [6, 6.07) is -0.0703. The van der Waals surface area contributed by atoms with E-state index >= 15 is 0 Å². The largest absolute Gasteiger partial charge is 0.469 e. The van der Waals surface area contributed by atoms with E-state index in [4.69, 9.17) is 9.47 Å². The first-order valence-corrected chi connectivity index (χ1v) is 9.02. The van der Waals surface area contributed by atoms with Crippen molar-refractivity contribution in [3.8, 4) is 0 Å². The lowest BCUT2D eigenvalue weighted by atomic mass is 10.2. The van der Waals surface area contributed by atoms with Crippen molar-refractivity contribution in [3.63, 3.8) is 0 Å². The first-order valence-electron chi connectivity index (χ1n) is 9.02. The van der Waals surface area contributed by atoms with Crippen LogP contribution in [0.3, 0.4) is 0 Å². The Hall–Kier alpha value is -1.34. The molecule has 2 unspecified atom stereocenters. The van der Waals surface area contributed by atoms with Crippen LogP contribution in [0.1, 0.15) is 44.9 Å². The molecule has 2 heterocycles. The summed E-state index contributed by atoms with van der Waals surface area (Å²) >= 11 is 0. The van der Waals surface area contributed by atoms with Crippen molar-refractivity contribution < 1.29 is 23.8 Å². The van der Waals surface area contributed by atoms with Crippen LogP contribution in [-0.4, -0.2) is 69.1 Å². The number of hydrogen-bond donors (Lipinski definition) is 1. The summed E-state index contributed by atoms with van der Waals surface area (Å²) in [4.78, 5) is 25.4. The fraction of sp³-hybridized carbons (Fsp3) is 0.882. The maximum atomic E-state index is 12.5. The smallest absolute Gasteiger partial charge is 0.317 e. The third-order valence-corrected chi connectivity index (χ3v) is 4.49. The minimum atomic E-state index is -0.209. The fourth-order valence-electron chi connectivity index (χ4n) is 3.11. The predicted octanol–water partition coefficient (Wildman–Crippen LogP) is 1.70. The molecule has 0 aliphatic carbocycles. The number of hydrogen-bond acceptors (Lipinski definition) is 5. The van der Waals surface area contributed by atoms with Crippen LogP contribution in [0.25, 0.3) is 0 Å². The molecule has 2 rings (SSSR count). The van der Waals surface area contributed by atoms with Crippen molar-refractivity contribution in [2.24, 2.45) is 0 Å². The van der Waals surface area contributed by atoms with Crippen molar-refractivity contribution in [1.82, 2.24) is 10.2 Å². The van der Waals surface area contributed by atoms with Crippen molar-refractivity contribution in [2.75, 3.05) is 40.0 Å². The van der Waals surface area contributed by atoms with Crippen molar-refractivity contribution >= 4 is 12.0 Å². The molecule has 7 heteroatoms. The van der Waals surface area contributed by atoms with Crippen LogP contribution >= 0.6 is 0 Å². The minimum Gasteiger partial charge on any atom is -0.469 e. The number of urea groups is 1. The molecule has 2 aliphatic rings. The average molecular weight is 342 g/mol. The fourth-order valence-corrected chi connectivity index (χ4v) is 3.11. The van der Waals surface area contributed by atoms with E-state index in [1.165, 1.54) is 7.11 Å². The molecule has 2 aliphatic heterocycles. The van der Waals surface area contributed by atoms with Gasteiger partial charge in [-0.1, -0.05) is 0 Å². The topological polar surface area (TPSA) is 77.1 Å². The molecule has 1 N–H and O–H groups in total. The van der Waals surface area contributed by atoms with E-state index in [2.05, 4.69) is 10.1 Å². The number of ether oxygens (including phenoxy) is 3. The van der Waals surface area contributed by atoms with Crippen molar-refractivity contribution in [2.45, 2.75) is 57.2 Å². The van der Waals surface area contributed by atoms with Crippen LogP contribution < -0.4 is 5.32 Å². The van der Waals surface area contributed by atoms with Gasteiger partial charge >= 0.3 is 12.0 Å². The molecule has 0 saturated carbocycles. The van der Waals surface area contributed by atoms with Crippen molar-refractivity contribution in [1.29, 1.82) is 0 Å².